The van der Waals surface area contributed by atoms with Crippen LogP contribution in [-0.4, -0.2) is 41.8 Å². The van der Waals surface area contributed by atoms with Gasteiger partial charge in [0, 0.05) is 18.4 Å². The first-order valence-electron chi connectivity index (χ1n) is 9.25. The monoisotopic (exact) mass is 414 g/mol. The van der Waals surface area contributed by atoms with Crippen molar-refractivity contribution < 1.29 is 14.3 Å². The van der Waals surface area contributed by atoms with E-state index in [1.54, 1.807) is 16.2 Å². The number of ether oxygens (including phenoxy) is 2. The average Bonchev–Trinajstić information content (AvgIpc) is 3.02. The fraction of sp³-hybridized carbons (Fsp3) is 0.333. The Labute approximate surface area is 172 Å². The molecule has 1 aliphatic rings. The zero-order valence-corrected chi connectivity index (χ0v) is 17.5. The summed E-state index contributed by atoms with van der Waals surface area (Å²) in [6, 6.07) is 13.8. The first-order valence-corrected chi connectivity index (χ1v) is 11.1. The second kappa shape index (κ2) is 8.41. The fourth-order valence-corrected chi connectivity index (χ4v) is 4.84. The molecule has 0 fully saturated rings. The minimum atomic E-state index is -0.0609. The van der Waals surface area contributed by atoms with Gasteiger partial charge >= 0.3 is 0 Å². The normalized spacial score (nSPS) is 14.5. The Bertz CT molecular complexity index is 956. The first-order chi connectivity index (χ1) is 13.6. The summed E-state index contributed by atoms with van der Waals surface area (Å²) in [5.41, 5.74) is 0.983. The van der Waals surface area contributed by atoms with Gasteiger partial charge in [0.15, 0.2) is 11.5 Å². The van der Waals surface area contributed by atoms with Crippen molar-refractivity contribution in [1.29, 1.82) is 0 Å². The quantitative estimate of drug-likeness (QED) is 0.563. The molecule has 0 bridgehead atoms. The van der Waals surface area contributed by atoms with Crippen LogP contribution in [0.4, 0.5) is 0 Å². The van der Waals surface area contributed by atoms with Gasteiger partial charge in [-0.05, 0) is 37.3 Å². The van der Waals surface area contributed by atoms with Crippen molar-refractivity contribution >= 4 is 39.2 Å². The number of para-hydroxylation sites is 1. The molecule has 0 aliphatic carbocycles. The van der Waals surface area contributed by atoms with Crippen LogP contribution in [0.15, 0.2) is 47.4 Å². The average molecular weight is 415 g/mol. The van der Waals surface area contributed by atoms with Crippen molar-refractivity contribution in [1.82, 2.24) is 9.88 Å². The topological polar surface area (TPSA) is 51.7 Å². The Hall–Kier alpha value is -2.25. The number of hydrogen-bond acceptors (Lipinski definition) is 6. The summed E-state index contributed by atoms with van der Waals surface area (Å²) in [5, 5.41) is 0.956. The van der Waals surface area contributed by atoms with Gasteiger partial charge in [-0.1, -0.05) is 12.1 Å². The molecule has 0 spiro atoms. The molecule has 28 heavy (non-hydrogen) atoms. The summed E-state index contributed by atoms with van der Waals surface area (Å²) in [6.45, 7) is 3.35. The molecule has 3 aromatic rings. The molecule has 1 aliphatic heterocycles. The van der Waals surface area contributed by atoms with Gasteiger partial charge in [-0.15, -0.1) is 23.1 Å². The SMILES string of the molecule is CC(c1nc2ccccc2s1)N(C)C(=O)CSc1ccc2c(c1)OCCCO2. The molecule has 4 rings (SSSR count). The molecule has 1 amide bonds. The summed E-state index contributed by atoms with van der Waals surface area (Å²) in [7, 11) is 1.84. The number of carbonyl (C=O) groups excluding carboxylic acids is 1. The van der Waals surface area contributed by atoms with E-state index < -0.39 is 0 Å². The lowest BCUT2D eigenvalue weighted by molar-refractivity contribution is -0.128. The van der Waals surface area contributed by atoms with Gasteiger partial charge in [-0.2, -0.15) is 0 Å². The maximum Gasteiger partial charge on any atom is 0.233 e. The van der Waals surface area contributed by atoms with Gasteiger partial charge in [0.2, 0.25) is 5.91 Å². The van der Waals surface area contributed by atoms with E-state index in [4.69, 9.17) is 9.47 Å². The number of hydrogen-bond donors (Lipinski definition) is 0. The van der Waals surface area contributed by atoms with Gasteiger partial charge in [0.25, 0.3) is 0 Å². The lowest BCUT2D eigenvalue weighted by atomic mass is 10.3. The van der Waals surface area contributed by atoms with Crippen LogP contribution in [0.1, 0.15) is 24.4 Å². The molecule has 146 valence electrons. The molecule has 5 nitrogen and oxygen atoms in total. The van der Waals surface area contributed by atoms with Crippen molar-refractivity contribution in [2.75, 3.05) is 26.0 Å². The van der Waals surface area contributed by atoms with E-state index in [0.29, 0.717) is 19.0 Å². The summed E-state index contributed by atoms with van der Waals surface area (Å²) in [6.07, 6.45) is 0.879. The van der Waals surface area contributed by atoms with Crippen LogP contribution in [0.3, 0.4) is 0 Å². The molecule has 0 saturated heterocycles. The predicted molar refractivity (Wildman–Crippen MR) is 114 cm³/mol. The number of benzene rings is 2. The maximum atomic E-state index is 12.7. The molecule has 2 heterocycles. The van der Waals surface area contributed by atoms with Crippen LogP contribution in [0.5, 0.6) is 11.5 Å². The summed E-state index contributed by atoms with van der Waals surface area (Å²) in [5.74, 6) is 1.97. The van der Waals surface area contributed by atoms with Crippen LogP contribution in [-0.2, 0) is 4.79 Å². The van der Waals surface area contributed by atoms with E-state index in [0.717, 1.165) is 38.0 Å². The second-order valence-corrected chi connectivity index (χ2v) is 8.76. The van der Waals surface area contributed by atoms with Crippen LogP contribution in [0.2, 0.25) is 0 Å². The standard InChI is InChI=1S/C21H22N2O3S2/c1-14(21-22-16-6-3-4-7-19(16)28-21)23(2)20(24)13-27-15-8-9-17-18(12-15)26-11-5-10-25-17/h3-4,6-9,12,14H,5,10-11,13H2,1-2H3. The van der Waals surface area contributed by atoms with Crippen molar-refractivity contribution in [3.05, 3.63) is 47.5 Å². The Morgan fingerprint density at radius 1 is 1.21 bits per heavy atom. The number of thioether (sulfide) groups is 1. The van der Waals surface area contributed by atoms with E-state index in [1.807, 2.05) is 50.4 Å². The lowest BCUT2D eigenvalue weighted by Crippen LogP contribution is -2.31. The Balaban J connectivity index is 1.39. The zero-order chi connectivity index (χ0) is 19.5. The molecular formula is C21H22N2O3S2. The highest BCUT2D eigenvalue weighted by Gasteiger charge is 2.21. The summed E-state index contributed by atoms with van der Waals surface area (Å²) >= 11 is 3.15. The van der Waals surface area contributed by atoms with E-state index >= 15 is 0 Å². The summed E-state index contributed by atoms with van der Waals surface area (Å²) in [4.78, 5) is 20.2. The first kappa shape index (κ1) is 19.1. The van der Waals surface area contributed by atoms with E-state index in [-0.39, 0.29) is 11.9 Å². The molecule has 1 unspecified atom stereocenters. The van der Waals surface area contributed by atoms with Crippen molar-refractivity contribution in [3.63, 3.8) is 0 Å². The van der Waals surface area contributed by atoms with Crippen LogP contribution in [0, 0.1) is 0 Å². The third-order valence-electron chi connectivity index (χ3n) is 4.72. The van der Waals surface area contributed by atoms with Gasteiger partial charge < -0.3 is 14.4 Å². The van der Waals surface area contributed by atoms with Crippen molar-refractivity contribution in [3.8, 4) is 11.5 Å². The van der Waals surface area contributed by atoms with Gasteiger partial charge in [-0.3, -0.25) is 4.79 Å². The van der Waals surface area contributed by atoms with E-state index in [1.165, 1.54) is 11.8 Å². The number of fused-ring (bicyclic) bond motifs is 2. The molecular weight excluding hydrogens is 392 g/mol. The predicted octanol–water partition coefficient (Wildman–Crippen LogP) is 4.77. The third-order valence-corrected chi connectivity index (χ3v) is 6.91. The van der Waals surface area contributed by atoms with Crippen LogP contribution < -0.4 is 9.47 Å². The van der Waals surface area contributed by atoms with E-state index in [2.05, 4.69) is 11.1 Å². The smallest absolute Gasteiger partial charge is 0.233 e. The van der Waals surface area contributed by atoms with Gasteiger partial charge in [-0.25, -0.2) is 4.98 Å². The second-order valence-electron chi connectivity index (χ2n) is 6.65. The van der Waals surface area contributed by atoms with Gasteiger partial charge in [0.1, 0.15) is 5.01 Å². The molecule has 2 aromatic carbocycles. The van der Waals surface area contributed by atoms with E-state index in [9.17, 15) is 4.79 Å². The molecule has 0 radical (unpaired) electrons. The highest BCUT2D eigenvalue weighted by Crippen LogP contribution is 2.34. The zero-order valence-electron chi connectivity index (χ0n) is 15.9. The minimum Gasteiger partial charge on any atom is -0.490 e. The highest BCUT2D eigenvalue weighted by atomic mass is 32.2. The van der Waals surface area contributed by atoms with Crippen molar-refractivity contribution in [2.24, 2.45) is 0 Å². The minimum absolute atomic E-state index is 0.0609. The number of thiazole rings is 1. The molecule has 7 heteroatoms. The fourth-order valence-electron chi connectivity index (χ4n) is 2.93. The number of nitrogens with zero attached hydrogens (tertiary/aromatic N) is 2. The van der Waals surface area contributed by atoms with Crippen LogP contribution in [0.25, 0.3) is 10.2 Å². The number of amides is 1. The number of aromatic nitrogens is 1. The Kier molecular flexibility index (Phi) is 5.73. The van der Waals surface area contributed by atoms with Crippen molar-refractivity contribution in [2.45, 2.75) is 24.3 Å². The van der Waals surface area contributed by atoms with Crippen LogP contribution >= 0.6 is 23.1 Å². The summed E-state index contributed by atoms with van der Waals surface area (Å²) < 4.78 is 12.5. The number of carbonyl (C=O) groups is 1. The Morgan fingerprint density at radius 2 is 2.00 bits per heavy atom. The highest BCUT2D eigenvalue weighted by molar-refractivity contribution is 8.00. The molecule has 0 N–H and O–H groups in total. The maximum absolute atomic E-state index is 12.7. The Morgan fingerprint density at radius 3 is 2.82 bits per heavy atom. The van der Waals surface area contributed by atoms with Gasteiger partial charge in [0.05, 0.1) is 35.2 Å². The molecule has 1 aromatic heterocycles. The number of rotatable bonds is 5. The lowest BCUT2D eigenvalue weighted by Gasteiger charge is -2.23. The third kappa shape index (κ3) is 4.10. The largest absolute Gasteiger partial charge is 0.490 e. The molecule has 1 atom stereocenters. The molecule has 0 saturated carbocycles.